The summed E-state index contributed by atoms with van der Waals surface area (Å²) in [7, 11) is 1.68. The summed E-state index contributed by atoms with van der Waals surface area (Å²) in [4.78, 5) is 7.73. The van der Waals surface area contributed by atoms with Gasteiger partial charge in [-0.25, -0.2) is 0 Å². The Morgan fingerprint density at radius 2 is 2.13 bits per heavy atom. The van der Waals surface area contributed by atoms with Crippen LogP contribution in [0, 0.1) is 0 Å². The average molecular weight is 213 g/mol. The van der Waals surface area contributed by atoms with E-state index in [0.29, 0.717) is 24.5 Å². The van der Waals surface area contributed by atoms with E-state index in [9.17, 15) is 0 Å². The Balaban J connectivity index is 2.81. The number of aliphatic hydroxyl groups excluding tert-OH is 1. The standard InChI is InChI=1S/C8H15N5O2/c1-11-6-5(9)7(13-8(10)12-6)15-4-2-3-14/h14H,2-4,9H2,1H3,(H3,10,11,12,13). The minimum atomic E-state index is 0.0549. The molecule has 7 heteroatoms. The largest absolute Gasteiger partial charge is 0.476 e. The van der Waals surface area contributed by atoms with Crippen molar-refractivity contribution in [3.8, 4) is 5.88 Å². The first-order valence-electron chi connectivity index (χ1n) is 4.53. The SMILES string of the molecule is CNc1nc(N)nc(OCCCO)c1N. The highest BCUT2D eigenvalue weighted by molar-refractivity contribution is 5.68. The highest BCUT2D eigenvalue weighted by Gasteiger charge is 2.10. The van der Waals surface area contributed by atoms with Gasteiger partial charge < -0.3 is 26.6 Å². The number of hydrogen-bond acceptors (Lipinski definition) is 7. The predicted molar refractivity (Wildman–Crippen MR) is 57.6 cm³/mol. The van der Waals surface area contributed by atoms with Crippen molar-refractivity contribution in [1.29, 1.82) is 0 Å². The molecule has 0 aliphatic rings. The summed E-state index contributed by atoms with van der Waals surface area (Å²) in [5.41, 5.74) is 11.5. The lowest BCUT2D eigenvalue weighted by Crippen LogP contribution is -2.09. The van der Waals surface area contributed by atoms with Gasteiger partial charge in [0.1, 0.15) is 5.69 Å². The molecule has 0 saturated heterocycles. The third-order valence-electron chi connectivity index (χ3n) is 1.71. The number of aromatic nitrogens is 2. The second-order valence-electron chi connectivity index (χ2n) is 2.82. The molecule has 0 fully saturated rings. The lowest BCUT2D eigenvalue weighted by atomic mass is 10.4. The second-order valence-corrected chi connectivity index (χ2v) is 2.82. The zero-order valence-corrected chi connectivity index (χ0v) is 8.53. The van der Waals surface area contributed by atoms with E-state index in [-0.39, 0.29) is 18.4 Å². The lowest BCUT2D eigenvalue weighted by Gasteiger charge is -2.10. The normalized spacial score (nSPS) is 10.0. The maximum absolute atomic E-state index is 8.59. The monoisotopic (exact) mass is 213 g/mol. The molecular weight excluding hydrogens is 198 g/mol. The molecule has 0 amide bonds. The van der Waals surface area contributed by atoms with E-state index in [1.807, 2.05) is 0 Å². The first-order chi connectivity index (χ1) is 7.19. The van der Waals surface area contributed by atoms with Crippen LogP contribution in [-0.2, 0) is 0 Å². The number of nitrogens with two attached hydrogens (primary N) is 2. The van der Waals surface area contributed by atoms with Crippen LogP contribution in [0.5, 0.6) is 5.88 Å². The number of aliphatic hydroxyl groups is 1. The fourth-order valence-corrected chi connectivity index (χ4v) is 0.999. The van der Waals surface area contributed by atoms with E-state index < -0.39 is 0 Å². The topological polar surface area (TPSA) is 119 Å². The first kappa shape index (κ1) is 11.3. The number of hydrogen-bond donors (Lipinski definition) is 4. The third kappa shape index (κ3) is 2.84. The molecule has 6 N–H and O–H groups in total. The molecule has 1 aromatic heterocycles. The van der Waals surface area contributed by atoms with Gasteiger partial charge in [0.2, 0.25) is 11.8 Å². The molecule has 0 atom stereocenters. The van der Waals surface area contributed by atoms with Crippen LogP contribution >= 0.6 is 0 Å². The van der Waals surface area contributed by atoms with Crippen LogP contribution in [0.2, 0.25) is 0 Å². The molecule has 1 aromatic rings. The number of nitrogens with one attached hydrogen (secondary N) is 1. The zero-order valence-electron chi connectivity index (χ0n) is 8.53. The van der Waals surface area contributed by atoms with Gasteiger partial charge in [0.25, 0.3) is 0 Å². The molecule has 7 nitrogen and oxygen atoms in total. The van der Waals surface area contributed by atoms with Crippen molar-refractivity contribution in [3.05, 3.63) is 0 Å². The Morgan fingerprint density at radius 1 is 1.40 bits per heavy atom. The van der Waals surface area contributed by atoms with Crippen LogP contribution in [0.1, 0.15) is 6.42 Å². The molecule has 1 heterocycles. The molecule has 84 valence electrons. The van der Waals surface area contributed by atoms with Gasteiger partial charge in [-0.3, -0.25) is 0 Å². The summed E-state index contributed by atoms with van der Waals surface area (Å²) < 4.78 is 5.24. The number of anilines is 3. The van der Waals surface area contributed by atoms with Crippen molar-refractivity contribution >= 4 is 17.5 Å². The fourth-order valence-electron chi connectivity index (χ4n) is 0.999. The van der Waals surface area contributed by atoms with E-state index in [1.165, 1.54) is 0 Å². The molecule has 0 spiro atoms. The minimum Gasteiger partial charge on any atom is -0.476 e. The highest BCUT2D eigenvalue weighted by atomic mass is 16.5. The molecule has 1 rings (SSSR count). The van der Waals surface area contributed by atoms with Gasteiger partial charge in [-0.2, -0.15) is 9.97 Å². The van der Waals surface area contributed by atoms with Crippen LogP contribution in [-0.4, -0.2) is 35.3 Å². The molecule has 0 bridgehead atoms. The van der Waals surface area contributed by atoms with Crippen LogP contribution in [0.4, 0.5) is 17.5 Å². The highest BCUT2D eigenvalue weighted by Crippen LogP contribution is 2.26. The lowest BCUT2D eigenvalue weighted by molar-refractivity contribution is 0.230. The molecule has 0 aliphatic carbocycles. The number of rotatable bonds is 5. The quantitative estimate of drug-likeness (QED) is 0.484. The Bertz CT molecular complexity index is 331. The van der Waals surface area contributed by atoms with Crippen LogP contribution in [0.25, 0.3) is 0 Å². The van der Waals surface area contributed by atoms with Crippen molar-refractivity contribution < 1.29 is 9.84 Å². The Labute approximate surface area is 87.5 Å². The van der Waals surface area contributed by atoms with Gasteiger partial charge in [0.15, 0.2) is 5.82 Å². The van der Waals surface area contributed by atoms with Crippen LogP contribution in [0.3, 0.4) is 0 Å². The Kier molecular flexibility index (Phi) is 3.92. The first-order valence-corrected chi connectivity index (χ1v) is 4.53. The molecule has 0 saturated carbocycles. The average Bonchev–Trinajstić information content (AvgIpc) is 2.23. The van der Waals surface area contributed by atoms with Crippen molar-refractivity contribution in [1.82, 2.24) is 9.97 Å². The van der Waals surface area contributed by atoms with Crippen LogP contribution in [0.15, 0.2) is 0 Å². The molecule has 0 radical (unpaired) electrons. The molecule has 0 aromatic carbocycles. The number of nitrogen functional groups attached to an aromatic ring is 2. The van der Waals surface area contributed by atoms with Gasteiger partial charge in [-0.15, -0.1) is 0 Å². The molecule has 15 heavy (non-hydrogen) atoms. The summed E-state index contributed by atoms with van der Waals surface area (Å²) in [6, 6.07) is 0. The van der Waals surface area contributed by atoms with Crippen molar-refractivity contribution in [2.45, 2.75) is 6.42 Å². The van der Waals surface area contributed by atoms with Crippen molar-refractivity contribution in [2.24, 2.45) is 0 Å². The molecule has 0 unspecified atom stereocenters. The van der Waals surface area contributed by atoms with Gasteiger partial charge >= 0.3 is 0 Å². The van der Waals surface area contributed by atoms with E-state index in [0.717, 1.165) is 0 Å². The van der Waals surface area contributed by atoms with Crippen LogP contribution < -0.4 is 21.5 Å². The van der Waals surface area contributed by atoms with Crippen molar-refractivity contribution in [2.75, 3.05) is 37.0 Å². The zero-order chi connectivity index (χ0) is 11.3. The van der Waals surface area contributed by atoms with Gasteiger partial charge in [0, 0.05) is 20.1 Å². The van der Waals surface area contributed by atoms with E-state index >= 15 is 0 Å². The predicted octanol–water partition coefficient (Wildman–Crippen LogP) is -0.556. The van der Waals surface area contributed by atoms with Gasteiger partial charge in [-0.05, 0) is 0 Å². The number of ether oxygens (including phenoxy) is 1. The Hall–Kier alpha value is -1.76. The molecular formula is C8H15N5O2. The maximum atomic E-state index is 8.59. The second kappa shape index (κ2) is 5.20. The summed E-state index contributed by atoms with van der Waals surface area (Å²) in [5.74, 6) is 0.759. The van der Waals surface area contributed by atoms with Gasteiger partial charge in [0.05, 0.1) is 6.61 Å². The summed E-state index contributed by atoms with van der Waals surface area (Å²) in [6.45, 7) is 0.389. The van der Waals surface area contributed by atoms with Crippen molar-refractivity contribution in [3.63, 3.8) is 0 Å². The third-order valence-corrected chi connectivity index (χ3v) is 1.71. The number of nitrogens with zero attached hydrogens (tertiary/aromatic N) is 2. The van der Waals surface area contributed by atoms with E-state index in [2.05, 4.69) is 15.3 Å². The fraction of sp³-hybridized carbons (Fsp3) is 0.500. The smallest absolute Gasteiger partial charge is 0.244 e. The minimum absolute atomic E-state index is 0.0549. The molecule has 0 aliphatic heterocycles. The van der Waals surface area contributed by atoms with Gasteiger partial charge in [-0.1, -0.05) is 0 Å². The summed E-state index contributed by atoms with van der Waals surface area (Å²) in [5, 5.41) is 11.4. The van der Waals surface area contributed by atoms with E-state index in [4.69, 9.17) is 21.3 Å². The van der Waals surface area contributed by atoms with E-state index in [1.54, 1.807) is 7.05 Å². The Morgan fingerprint density at radius 3 is 2.73 bits per heavy atom. The summed E-state index contributed by atoms with van der Waals surface area (Å²) in [6.07, 6.45) is 0.512. The summed E-state index contributed by atoms with van der Waals surface area (Å²) >= 11 is 0. The maximum Gasteiger partial charge on any atom is 0.244 e.